The first kappa shape index (κ1) is 13.6. The second kappa shape index (κ2) is 5.73. The Hall–Kier alpha value is -0.480. The molecule has 0 aliphatic carbocycles. The average molecular weight is 256 g/mol. The van der Waals surface area contributed by atoms with E-state index >= 15 is 0 Å². The topological polar surface area (TPSA) is 6.48 Å². The largest absolute Gasteiger partial charge is 0.372 e. The fourth-order valence-electron chi connectivity index (χ4n) is 2.00. The van der Waals surface area contributed by atoms with E-state index in [1.807, 2.05) is 0 Å². The molecule has 0 saturated heterocycles. The summed E-state index contributed by atoms with van der Waals surface area (Å²) in [6, 6.07) is 0. The highest BCUT2D eigenvalue weighted by Crippen LogP contribution is 2.38. The highest BCUT2D eigenvalue weighted by Gasteiger charge is 2.21. The van der Waals surface area contributed by atoms with Gasteiger partial charge in [0.25, 0.3) is 0 Å². The lowest BCUT2D eigenvalue weighted by Crippen LogP contribution is -2.29. The molecule has 1 aromatic carbocycles. The summed E-state index contributed by atoms with van der Waals surface area (Å²) in [5.41, 5.74) is 2.35. The minimum absolute atomic E-state index is 0.868. The van der Waals surface area contributed by atoms with Gasteiger partial charge in [-0.1, -0.05) is 31.4 Å². The van der Waals surface area contributed by atoms with Crippen LogP contribution in [-0.4, -0.2) is 26.7 Å². The summed E-state index contributed by atoms with van der Waals surface area (Å²) in [7, 11) is 2.09. The summed E-state index contributed by atoms with van der Waals surface area (Å²) in [5.74, 6) is 0. The summed E-state index contributed by atoms with van der Waals surface area (Å²) in [6.07, 6.45) is 1.13. The third kappa shape index (κ3) is 2.28. The fourth-order valence-corrected chi connectivity index (χ4v) is 2.67. The van der Waals surface area contributed by atoms with Crippen molar-refractivity contribution in [1.82, 2.24) is 0 Å². The van der Waals surface area contributed by atoms with Gasteiger partial charge in [-0.2, -0.15) is 0 Å². The van der Waals surface area contributed by atoms with Gasteiger partial charge < -0.3 is 9.80 Å². The van der Waals surface area contributed by atoms with Crippen molar-refractivity contribution in [1.29, 1.82) is 0 Å². The van der Waals surface area contributed by atoms with E-state index in [9.17, 15) is 0 Å². The van der Waals surface area contributed by atoms with E-state index in [2.05, 4.69) is 37.6 Å². The molecule has 1 aromatic rings. The third-order valence-corrected chi connectivity index (χ3v) is 3.81. The lowest BCUT2D eigenvalue weighted by molar-refractivity contribution is 0.821. The lowest BCUT2D eigenvalue weighted by Gasteiger charge is -2.31. The number of nitrogens with zero attached hydrogens (tertiary/aromatic N) is 2. The predicted octanol–water partition coefficient (Wildman–Crippen LogP) is 3.71. The Morgan fingerprint density at radius 2 is 1.44 bits per heavy atom. The van der Waals surface area contributed by atoms with E-state index in [1.165, 1.54) is 11.4 Å². The minimum atomic E-state index is 0.868. The van der Waals surface area contributed by atoms with E-state index in [4.69, 9.17) is 24.4 Å². The van der Waals surface area contributed by atoms with Crippen molar-refractivity contribution >= 4 is 35.8 Å². The highest BCUT2D eigenvalue weighted by molar-refractivity contribution is 7.74. The van der Waals surface area contributed by atoms with Crippen molar-refractivity contribution < 1.29 is 0 Å². The molecule has 1 rings (SSSR count). The van der Waals surface area contributed by atoms with Crippen LogP contribution in [0.15, 0.2) is 0 Å². The molecule has 0 aromatic heterocycles. The molecule has 0 atom stereocenters. The zero-order valence-electron chi connectivity index (χ0n) is 10.5. The van der Waals surface area contributed by atoms with Gasteiger partial charge in [-0.15, -0.1) is 0 Å². The van der Waals surface area contributed by atoms with E-state index < -0.39 is 0 Å². The Labute approximate surface area is 109 Å². The van der Waals surface area contributed by atoms with Gasteiger partial charge in [0, 0.05) is 26.7 Å². The van der Waals surface area contributed by atoms with E-state index in [0.29, 0.717) is 0 Å². The molecular formula is C12H20N2S2. The molecule has 4 heteroatoms. The summed E-state index contributed by atoms with van der Waals surface area (Å²) >= 11 is 10.7. The van der Waals surface area contributed by atoms with Crippen molar-refractivity contribution in [2.75, 3.05) is 36.5 Å². The first-order valence-corrected chi connectivity index (χ1v) is 6.69. The van der Waals surface area contributed by atoms with Gasteiger partial charge in [-0.25, -0.2) is 0 Å². The summed E-state index contributed by atoms with van der Waals surface area (Å²) in [4.78, 5) is 4.52. The summed E-state index contributed by atoms with van der Waals surface area (Å²) in [6.45, 7) is 9.48. The zero-order chi connectivity index (χ0) is 12.3. The van der Waals surface area contributed by atoms with Gasteiger partial charge in [0.2, 0.25) is 0 Å². The molecule has 0 fully saturated rings. The monoisotopic (exact) mass is 256 g/mol. The van der Waals surface area contributed by atoms with Crippen LogP contribution in [0, 0.1) is 9.02 Å². The first-order chi connectivity index (χ1) is 7.58. The Morgan fingerprint density at radius 1 is 0.938 bits per heavy atom. The molecule has 90 valence electrons. The molecule has 0 spiro atoms. The molecule has 0 aliphatic heterocycles. The van der Waals surface area contributed by atoms with Crippen molar-refractivity contribution in [2.45, 2.75) is 27.2 Å². The van der Waals surface area contributed by atoms with Crippen LogP contribution in [0.5, 0.6) is 0 Å². The normalized spacial score (nSPS) is 10.8. The Morgan fingerprint density at radius 3 is 1.88 bits per heavy atom. The number of anilines is 2. The fraction of sp³-hybridized carbons (Fsp3) is 0.667. The molecule has 16 heavy (non-hydrogen) atoms. The summed E-state index contributed by atoms with van der Waals surface area (Å²) in [5, 5.41) is 0. The zero-order valence-corrected chi connectivity index (χ0v) is 12.2. The van der Waals surface area contributed by atoms with E-state index in [1.54, 1.807) is 0 Å². The molecule has 0 radical (unpaired) electrons. The van der Waals surface area contributed by atoms with Gasteiger partial charge in [0.15, 0.2) is 0 Å². The number of hydrogen-bond donors (Lipinski definition) is 0. The first-order valence-electron chi connectivity index (χ1n) is 5.87. The number of hydrogen-bond acceptors (Lipinski definition) is 4. The maximum absolute atomic E-state index is 5.35. The molecule has 0 saturated carbocycles. The molecule has 0 amide bonds. The predicted molar refractivity (Wildman–Crippen MR) is 77.6 cm³/mol. The maximum atomic E-state index is 5.35. The standard InChI is InChI=1S/C12H20N2S2/c1-5-8-13(4)9-10(12(16)11(9)15)14(6-2)7-3/h5-8H2,1-4H3. The van der Waals surface area contributed by atoms with E-state index in [0.717, 1.165) is 35.1 Å². The molecule has 0 heterocycles. The summed E-state index contributed by atoms with van der Waals surface area (Å²) < 4.78 is 1.74. The highest BCUT2D eigenvalue weighted by atomic mass is 32.1. The van der Waals surface area contributed by atoms with Gasteiger partial charge in [-0.05, 0) is 20.3 Å². The van der Waals surface area contributed by atoms with Crippen LogP contribution in [0.25, 0.3) is 0 Å². The van der Waals surface area contributed by atoms with E-state index in [-0.39, 0.29) is 0 Å². The smallest absolute Gasteiger partial charge is 0.0835 e. The van der Waals surface area contributed by atoms with Gasteiger partial charge in [0.1, 0.15) is 0 Å². The van der Waals surface area contributed by atoms with Crippen molar-refractivity contribution in [3.05, 3.63) is 9.02 Å². The Balaban J connectivity index is 3.07. The number of rotatable bonds is 6. The van der Waals surface area contributed by atoms with Crippen LogP contribution >= 0.6 is 24.4 Å². The maximum Gasteiger partial charge on any atom is 0.0835 e. The average Bonchev–Trinajstić information content (AvgIpc) is 2.28. The minimum Gasteiger partial charge on any atom is -0.372 e. The van der Waals surface area contributed by atoms with Crippen LogP contribution in [-0.2, 0) is 0 Å². The van der Waals surface area contributed by atoms with Gasteiger partial charge in [0.05, 0.1) is 20.4 Å². The quantitative estimate of drug-likeness (QED) is 0.715. The van der Waals surface area contributed by atoms with Crippen molar-refractivity contribution in [3.8, 4) is 0 Å². The SMILES string of the molecule is CCCN(C)c1c(N(CC)CC)c(=S)c1=S. The molecule has 0 unspecified atom stereocenters. The lowest BCUT2D eigenvalue weighted by atomic mass is 10.1. The van der Waals surface area contributed by atoms with Crippen LogP contribution in [0.3, 0.4) is 0 Å². The molecule has 2 nitrogen and oxygen atoms in total. The Bertz CT molecular complexity index is 415. The molecule has 0 N–H and O–H groups in total. The van der Waals surface area contributed by atoms with Gasteiger partial charge in [-0.3, -0.25) is 0 Å². The van der Waals surface area contributed by atoms with Gasteiger partial charge >= 0.3 is 0 Å². The van der Waals surface area contributed by atoms with Crippen molar-refractivity contribution in [3.63, 3.8) is 0 Å². The Kier molecular flexibility index (Phi) is 4.87. The van der Waals surface area contributed by atoms with Crippen LogP contribution < -0.4 is 9.80 Å². The molecule has 0 bridgehead atoms. The second-order valence-electron chi connectivity index (χ2n) is 3.95. The van der Waals surface area contributed by atoms with Crippen LogP contribution in [0.1, 0.15) is 27.2 Å². The van der Waals surface area contributed by atoms with Crippen LogP contribution in [0.4, 0.5) is 11.4 Å². The van der Waals surface area contributed by atoms with Crippen LogP contribution in [0.2, 0.25) is 0 Å². The van der Waals surface area contributed by atoms with Crippen molar-refractivity contribution in [2.24, 2.45) is 0 Å². The third-order valence-electron chi connectivity index (χ3n) is 2.88. The molecular weight excluding hydrogens is 236 g/mol. The molecule has 0 aliphatic rings. The second-order valence-corrected chi connectivity index (χ2v) is 4.77.